The molecule has 1 N–H and O–H groups in total. The van der Waals surface area contributed by atoms with Crippen LogP contribution in [0.15, 0.2) is 18.2 Å². The van der Waals surface area contributed by atoms with Gasteiger partial charge in [-0.1, -0.05) is 11.6 Å². The van der Waals surface area contributed by atoms with Crippen molar-refractivity contribution in [3.05, 3.63) is 29.3 Å². The minimum Gasteiger partial charge on any atom is -0.486 e. The first-order valence-corrected chi connectivity index (χ1v) is 10.9. The lowest BCUT2D eigenvalue weighted by Crippen LogP contribution is -2.52. The highest BCUT2D eigenvalue weighted by atomic mass is 16.5. The number of amides is 2. The summed E-state index contributed by atoms with van der Waals surface area (Å²) in [6, 6.07) is 5.02. The van der Waals surface area contributed by atoms with Crippen LogP contribution in [-0.2, 0) is 9.59 Å². The van der Waals surface area contributed by atoms with E-state index in [1.54, 1.807) is 16.7 Å². The summed E-state index contributed by atoms with van der Waals surface area (Å²) in [6.45, 7) is 5.00. The van der Waals surface area contributed by atoms with E-state index < -0.39 is 17.7 Å². The normalized spacial score (nSPS) is 28.0. The number of rotatable bonds is 2. The molecule has 30 heavy (non-hydrogen) atoms. The highest BCUT2D eigenvalue weighted by Crippen LogP contribution is 2.40. The third-order valence-electron chi connectivity index (χ3n) is 6.70. The number of hydrogen-bond donors (Lipinski definition) is 1. The maximum Gasteiger partial charge on any atom is 0.245 e. The van der Waals surface area contributed by atoms with Crippen LogP contribution in [0.3, 0.4) is 0 Å². The first-order chi connectivity index (χ1) is 14.3. The molecule has 1 aromatic carbocycles. The van der Waals surface area contributed by atoms with Gasteiger partial charge in [0, 0.05) is 32.5 Å². The Balaban J connectivity index is 1.48. The molecule has 0 unspecified atom stereocenters. The maximum atomic E-state index is 13.0. The first-order valence-electron chi connectivity index (χ1n) is 10.9. The number of carbonyl (C=O) groups excluding carboxylic acids is 3. The molecule has 162 valence electrons. The molecule has 2 amide bonds. The van der Waals surface area contributed by atoms with E-state index in [4.69, 9.17) is 4.74 Å². The van der Waals surface area contributed by atoms with Gasteiger partial charge in [0.2, 0.25) is 11.8 Å². The Morgan fingerprint density at radius 2 is 2.07 bits per heavy atom. The standard InChI is InChI=1S/C23H30N2O5/c1-15-5-6-20-18(12-15)19(27)13-23(30-20)8-7-21(28)25(11-9-23)16(2)22(29)24-10-3-4-17(26)14-24/h5-6,12,16-17,26H,3-4,7-11,13-14H2,1-2H3/t16-,17-,23-/m0/s1. The lowest BCUT2D eigenvalue weighted by Gasteiger charge is -2.38. The van der Waals surface area contributed by atoms with Gasteiger partial charge in [0.15, 0.2) is 5.78 Å². The van der Waals surface area contributed by atoms with Crippen molar-refractivity contribution in [3.63, 3.8) is 0 Å². The van der Waals surface area contributed by atoms with Crippen molar-refractivity contribution in [2.24, 2.45) is 0 Å². The summed E-state index contributed by atoms with van der Waals surface area (Å²) in [7, 11) is 0. The largest absolute Gasteiger partial charge is 0.486 e. The molecule has 2 saturated heterocycles. The van der Waals surface area contributed by atoms with E-state index in [1.807, 2.05) is 25.1 Å². The lowest BCUT2D eigenvalue weighted by atomic mass is 9.84. The van der Waals surface area contributed by atoms with Crippen LogP contribution in [0.4, 0.5) is 0 Å². The summed E-state index contributed by atoms with van der Waals surface area (Å²) in [4.78, 5) is 41.9. The van der Waals surface area contributed by atoms with E-state index in [0.29, 0.717) is 50.2 Å². The van der Waals surface area contributed by atoms with Crippen molar-refractivity contribution < 1.29 is 24.2 Å². The molecule has 4 rings (SSSR count). The van der Waals surface area contributed by atoms with Crippen LogP contribution < -0.4 is 4.74 Å². The summed E-state index contributed by atoms with van der Waals surface area (Å²) in [6.07, 6.45) is 2.45. The van der Waals surface area contributed by atoms with Crippen LogP contribution in [0, 0.1) is 6.92 Å². The Bertz CT molecular complexity index is 869. The van der Waals surface area contributed by atoms with Crippen molar-refractivity contribution in [2.45, 2.75) is 70.1 Å². The third kappa shape index (κ3) is 3.95. The van der Waals surface area contributed by atoms with E-state index >= 15 is 0 Å². The smallest absolute Gasteiger partial charge is 0.245 e. The van der Waals surface area contributed by atoms with Crippen molar-refractivity contribution >= 4 is 17.6 Å². The van der Waals surface area contributed by atoms with Gasteiger partial charge in [0.25, 0.3) is 0 Å². The fraction of sp³-hybridized carbons (Fsp3) is 0.609. The van der Waals surface area contributed by atoms with Gasteiger partial charge in [0.1, 0.15) is 17.4 Å². The van der Waals surface area contributed by atoms with Gasteiger partial charge in [-0.15, -0.1) is 0 Å². The highest BCUT2D eigenvalue weighted by molar-refractivity contribution is 6.00. The molecule has 7 heteroatoms. The zero-order chi connectivity index (χ0) is 21.5. The number of likely N-dealkylation sites (tertiary alicyclic amines) is 2. The molecular weight excluding hydrogens is 384 g/mol. The van der Waals surface area contributed by atoms with Crippen molar-refractivity contribution in [1.29, 1.82) is 0 Å². The monoisotopic (exact) mass is 414 g/mol. The second-order valence-corrected chi connectivity index (χ2v) is 8.98. The minimum atomic E-state index is -0.701. The topological polar surface area (TPSA) is 87.2 Å². The zero-order valence-corrected chi connectivity index (χ0v) is 17.7. The van der Waals surface area contributed by atoms with E-state index in [2.05, 4.69) is 0 Å². The van der Waals surface area contributed by atoms with Crippen molar-refractivity contribution in [2.75, 3.05) is 19.6 Å². The Morgan fingerprint density at radius 1 is 1.27 bits per heavy atom. The van der Waals surface area contributed by atoms with E-state index in [1.165, 1.54) is 0 Å². The van der Waals surface area contributed by atoms with Crippen LogP contribution in [0.1, 0.15) is 61.4 Å². The number of aryl methyl sites for hydroxylation is 1. The molecule has 1 spiro atoms. The number of hydrogen-bond acceptors (Lipinski definition) is 5. The second-order valence-electron chi connectivity index (χ2n) is 8.98. The van der Waals surface area contributed by atoms with Crippen LogP contribution in [-0.4, -0.2) is 69.9 Å². The Labute approximate surface area is 177 Å². The third-order valence-corrected chi connectivity index (χ3v) is 6.70. The first kappa shape index (κ1) is 20.8. The average molecular weight is 415 g/mol. The Kier molecular flexibility index (Phi) is 5.57. The summed E-state index contributed by atoms with van der Waals surface area (Å²) in [5.41, 5.74) is 0.924. The average Bonchev–Trinajstić information content (AvgIpc) is 2.87. The van der Waals surface area contributed by atoms with Gasteiger partial charge in [-0.3, -0.25) is 14.4 Å². The highest BCUT2D eigenvalue weighted by Gasteiger charge is 2.44. The molecule has 0 bridgehead atoms. The number of ether oxygens (including phenoxy) is 1. The predicted octanol–water partition coefficient (Wildman–Crippen LogP) is 2.08. The van der Waals surface area contributed by atoms with Crippen molar-refractivity contribution in [1.82, 2.24) is 9.80 Å². The molecule has 3 heterocycles. The number of Topliss-reactive ketones (excluding diaryl/α,β-unsaturated/α-hetero) is 1. The predicted molar refractivity (Wildman–Crippen MR) is 110 cm³/mol. The molecule has 3 aliphatic heterocycles. The number of piperidine rings is 1. The fourth-order valence-electron chi connectivity index (χ4n) is 4.90. The van der Waals surface area contributed by atoms with E-state index in [0.717, 1.165) is 12.0 Å². The number of carbonyl (C=O) groups is 3. The number of ketones is 1. The van der Waals surface area contributed by atoms with Gasteiger partial charge in [-0.05, 0) is 45.2 Å². The second kappa shape index (κ2) is 8.02. The fourth-order valence-corrected chi connectivity index (χ4v) is 4.90. The Morgan fingerprint density at radius 3 is 2.83 bits per heavy atom. The number of β-amino-alcohol motifs (C(OH)–C–C–N with tert-alkyl or cyclic N) is 1. The van der Waals surface area contributed by atoms with Crippen LogP contribution in [0.25, 0.3) is 0 Å². The number of aliphatic hydroxyl groups excluding tert-OH is 1. The quantitative estimate of drug-likeness (QED) is 0.801. The lowest BCUT2D eigenvalue weighted by molar-refractivity contribution is -0.146. The number of aliphatic hydroxyl groups is 1. The number of benzene rings is 1. The van der Waals surface area contributed by atoms with Gasteiger partial charge in [-0.2, -0.15) is 0 Å². The van der Waals surface area contributed by atoms with E-state index in [9.17, 15) is 19.5 Å². The number of fused-ring (bicyclic) bond motifs is 1. The molecule has 3 atom stereocenters. The maximum absolute atomic E-state index is 13.0. The molecule has 7 nitrogen and oxygen atoms in total. The Hall–Kier alpha value is -2.41. The van der Waals surface area contributed by atoms with Gasteiger partial charge in [0.05, 0.1) is 18.1 Å². The van der Waals surface area contributed by atoms with Crippen molar-refractivity contribution in [3.8, 4) is 5.75 Å². The molecule has 0 aromatic heterocycles. The molecule has 0 saturated carbocycles. The molecule has 1 aromatic rings. The molecule has 0 aliphatic carbocycles. The van der Waals surface area contributed by atoms with Gasteiger partial charge in [-0.25, -0.2) is 0 Å². The van der Waals surface area contributed by atoms with Crippen LogP contribution >= 0.6 is 0 Å². The van der Waals surface area contributed by atoms with Crippen LogP contribution in [0.5, 0.6) is 5.75 Å². The molecule has 2 fully saturated rings. The SMILES string of the molecule is Cc1ccc2c(c1)C(=O)C[C@@]1(CCC(=O)N([C@@H](C)C(=O)N3CCC[C@H](O)C3)CC1)O2. The minimum absolute atomic E-state index is 0.0484. The summed E-state index contributed by atoms with van der Waals surface area (Å²) in [5, 5.41) is 9.88. The molecular formula is C23H30N2O5. The van der Waals surface area contributed by atoms with Crippen LogP contribution in [0.2, 0.25) is 0 Å². The van der Waals surface area contributed by atoms with E-state index in [-0.39, 0.29) is 30.4 Å². The van der Waals surface area contributed by atoms with Gasteiger partial charge < -0.3 is 19.6 Å². The van der Waals surface area contributed by atoms with Gasteiger partial charge >= 0.3 is 0 Å². The molecule has 0 radical (unpaired) electrons. The summed E-state index contributed by atoms with van der Waals surface area (Å²) < 4.78 is 6.30. The summed E-state index contributed by atoms with van der Waals surface area (Å²) >= 11 is 0. The molecule has 3 aliphatic rings. The number of nitrogens with zero attached hydrogens (tertiary/aromatic N) is 2. The summed E-state index contributed by atoms with van der Waals surface area (Å²) in [5.74, 6) is 0.423. The zero-order valence-electron chi connectivity index (χ0n) is 17.7.